The second kappa shape index (κ2) is 5.02. The van der Waals surface area contributed by atoms with Gasteiger partial charge >= 0.3 is 5.69 Å². The highest BCUT2D eigenvalue weighted by molar-refractivity contribution is 6.31. The van der Waals surface area contributed by atoms with Gasteiger partial charge in [-0.2, -0.15) is 0 Å². The van der Waals surface area contributed by atoms with Gasteiger partial charge in [-0.1, -0.05) is 18.5 Å². The Morgan fingerprint density at radius 1 is 1.37 bits per heavy atom. The van der Waals surface area contributed by atoms with E-state index in [0.29, 0.717) is 11.1 Å². The van der Waals surface area contributed by atoms with Crippen molar-refractivity contribution in [2.75, 3.05) is 19.6 Å². The van der Waals surface area contributed by atoms with E-state index in [0.717, 1.165) is 43.5 Å². The van der Waals surface area contributed by atoms with E-state index in [1.165, 1.54) is 0 Å². The minimum atomic E-state index is -0.0211. The highest BCUT2D eigenvalue weighted by atomic mass is 35.5. The average molecular weight is 280 g/mol. The fourth-order valence-corrected chi connectivity index (χ4v) is 3.13. The molecule has 0 amide bonds. The summed E-state index contributed by atoms with van der Waals surface area (Å²) in [5.74, 6) is 0. The Bertz CT molecular complexity index is 638. The number of imidazole rings is 1. The molecule has 0 atom stereocenters. The topological polar surface area (TPSA) is 41.0 Å². The lowest BCUT2D eigenvalue weighted by Crippen LogP contribution is -2.36. The van der Waals surface area contributed by atoms with E-state index in [9.17, 15) is 4.79 Å². The van der Waals surface area contributed by atoms with Crippen molar-refractivity contribution in [2.24, 2.45) is 0 Å². The minimum absolute atomic E-state index is 0.0211. The van der Waals surface area contributed by atoms with Crippen LogP contribution in [0.2, 0.25) is 5.02 Å². The summed E-state index contributed by atoms with van der Waals surface area (Å²) < 4.78 is 1.90. The smallest absolute Gasteiger partial charge is 0.305 e. The van der Waals surface area contributed by atoms with Crippen molar-refractivity contribution in [1.82, 2.24) is 14.5 Å². The van der Waals surface area contributed by atoms with Crippen LogP contribution < -0.4 is 5.69 Å². The van der Waals surface area contributed by atoms with E-state index in [1.807, 2.05) is 22.8 Å². The number of halogens is 1. The van der Waals surface area contributed by atoms with Crippen LogP contribution in [0.15, 0.2) is 23.0 Å². The maximum atomic E-state index is 12.2. The number of aromatic nitrogens is 2. The van der Waals surface area contributed by atoms with Gasteiger partial charge in [-0.3, -0.25) is 4.57 Å². The molecule has 2 aromatic rings. The number of nitrogens with zero attached hydrogens (tertiary/aromatic N) is 2. The molecule has 4 nitrogen and oxygen atoms in total. The van der Waals surface area contributed by atoms with Gasteiger partial charge in [0.15, 0.2) is 0 Å². The lowest BCUT2D eigenvalue weighted by molar-refractivity contribution is 0.195. The van der Waals surface area contributed by atoms with Crippen LogP contribution in [0.4, 0.5) is 0 Å². The number of piperidine rings is 1. The fourth-order valence-electron chi connectivity index (χ4n) is 2.96. The maximum Gasteiger partial charge on any atom is 0.326 e. The van der Waals surface area contributed by atoms with E-state index < -0.39 is 0 Å². The standard InChI is InChI=1S/C14H18ClN3O/c1-2-17-7-5-11(6-8-17)18-13-4-3-10(15)9-12(13)16-14(18)19/h3-4,9,11H,2,5-8H2,1H3,(H,16,19). The van der Waals surface area contributed by atoms with E-state index in [-0.39, 0.29) is 5.69 Å². The van der Waals surface area contributed by atoms with Gasteiger partial charge in [0, 0.05) is 24.2 Å². The SMILES string of the molecule is CCN1CCC(n2c(=O)[nH]c3cc(Cl)ccc32)CC1. The van der Waals surface area contributed by atoms with E-state index >= 15 is 0 Å². The number of rotatable bonds is 2. The molecule has 2 heterocycles. The predicted molar refractivity (Wildman–Crippen MR) is 78.0 cm³/mol. The number of benzene rings is 1. The summed E-state index contributed by atoms with van der Waals surface area (Å²) in [6.45, 7) is 5.40. The second-order valence-corrected chi connectivity index (χ2v) is 5.56. The molecule has 5 heteroatoms. The van der Waals surface area contributed by atoms with Crippen molar-refractivity contribution in [1.29, 1.82) is 0 Å². The number of nitrogens with one attached hydrogen (secondary N) is 1. The van der Waals surface area contributed by atoms with Crippen molar-refractivity contribution in [3.8, 4) is 0 Å². The van der Waals surface area contributed by atoms with Crippen molar-refractivity contribution >= 4 is 22.6 Å². The third-order valence-electron chi connectivity index (χ3n) is 4.05. The first-order valence-electron chi connectivity index (χ1n) is 6.81. The molecule has 1 aromatic heterocycles. The zero-order chi connectivity index (χ0) is 13.4. The van der Waals surface area contributed by atoms with Gasteiger partial charge in [0.05, 0.1) is 11.0 Å². The monoisotopic (exact) mass is 279 g/mol. The van der Waals surface area contributed by atoms with Crippen LogP contribution in [0.25, 0.3) is 11.0 Å². The van der Waals surface area contributed by atoms with Crippen molar-refractivity contribution in [2.45, 2.75) is 25.8 Å². The van der Waals surface area contributed by atoms with Gasteiger partial charge in [-0.05, 0) is 37.6 Å². The average Bonchev–Trinajstić information content (AvgIpc) is 2.74. The highest BCUT2D eigenvalue weighted by Gasteiger charge is 2.22. The molecule has 3 rings (SSSR count). The number of H-pyrrole nitrogens is 1. The number of likely N-dealkylation sites (tertiary alicyclic amines) is 1. The molecule has 1 N–H and O–H groups in total. The molecule has 0 saturated carbocycles. The summed E-state index contributed by atoms with van der Waals surface area (Å²) in [4.78, 5) is 17.5. The van der Waals surface area contributed by atoms with E-state index in [2.05, 4.69) is 16.8 Å². The zero-order valence-electron chi connectivity index (χ0n) is 11.0. The van der Waals surface area contributed by atoms with Crippen molar-refractivity contribution < 1.29 is 0 Å². The summed E-state index contributed by atoms with van der Waals surface area (Å²) in [6, 6.07) is 5.89. The first kappa shape index (κ1) is 12.8. The molecule has 0 aliphatic carbocycles. The summed E-state index contributed by atoms with van der Waals surface area (Å²) in [7, 11) is 0. The van der Waals surface area contributed by atoms with Gasteiger partial charge in [0.25, 0.3) is 0 Å². The Morgan fingerprint density at radius 3 is 2.79 bits per heavy atom. The number of hydrogen-bond acceptors (Lipinski definition) is 2. The molecule has 1 aliphatic heterocycles. The van der Waals surface area contributed by atoms with Crippen LogP contribution in [0.5, 0.6) is 0 Å². The number of fused-ring (bicyclic) bond motifs is 1. The Hall–Kier alpha value is -1.26. The largest absolute Gasteiger partial charge is 0.326 e. The molecule has 0 bridgehead atoms. The van der Waals surface area contributed by atoms with Gasteiger partial charge < -0.3 is 9.88 Å². The summed E-state index contributed by atoms with van der Waals surface area (Å²) in [6.07, 6.45) is 2.06. The molecule has 0 unspecified atom stereocenters. The van der Waals surface area contributed by atoms with Crippen LogP contribution >= 0.6 is 11.6 Å². The van der Waals surface area contributed by atoms with Gasteiger partial charge in [0.1, 0.15) is 0 Å². The van der Waals surface area contributed by atoms with Gasteiger partial charge in [-0.15, -0.1) is 0 Å². The van der Waals surface area contributed by atoms with E-state index in [4.69, 9.17) is 11.6 Å². The fraction of sp³-hybridized carbons (Fsp3) is 0.500. The second-order valence-electron chi connectivity index (χ2n) is 5.13. The molecule has 1 fully saturated rings. The number of aromatic amines is 1. The molecular weight excluding hydrogens is 262 g/mol. The van der Waals surface area contributed by atoms with Crippen LogP contribution in [0, 0.1) is 0 Å². The highest BCUT2D eigenvalue weighted by Crippen LogP contribution is 2.25. The normalized spacial score (nSPS) is 18.2. The van der Waals surface area contributed by atoms with Crippen LogP contribution in [-0.4, -0.2) is 34.1 Å². The van der Waals surface area contributed by atoms with Gasteiger partial charge in [-0.25, -0.2) is 4.79 Å². The predicted octanol–water partition coefficient (Wildman–Crippen LogP) is 2.64. The molecule has 102 valence electrons. The molecule has 19 heavy (non-hydrogen) atoms. The molecule has 1 saturated heterocycles. The van der Waals surface area contributed by atoms with Gasteiger partial charge in [0.2, 0.25) is 0 Å². The van der Waals surface area contributed by atoms with Crippen molar-refractivity contribution in [3.63, 3.8) is 0 Å². The van der Waals surface area contributed by atoms with Crippen LogP contribution in [0.3, 0.4) is 0 Å². The maximum absolute atomic E-state index is 12.2. The van der Waals surface area contributed by atoms with Crippen LogP contribution in [0.1, 0.15) is 25.8 Å². The lowest BCUT2D eigenvalue weighted by Gasteiger charge is -2.31. The number of hydrogen-bond donors (Lipinski definition) is 1. The minimum Gasteiger partial charge on any atom is -0.305 e. The summed E-state index contributed by atoms with van der Waals surface area (Å²) in [5.41, 5.74) is 1.77. The summed E-state index contributed by atoms with van der Waals surface area (Å²) in [5, 5.41) is 0.654. The zero-order valence-corrected chi connectivity index (χ0v) is 11.8. The third kappa shape index (κ3) is 2.30. The quantitative estimate of drug-likeness (QED) is 0.918. The first-order valence-corrected chi connectivity index (χ1v) is 7.19. The molecule has 1 aliphatic rings. The Labute approximate surface area is 117 Å². The third-order valence-corrected chi connectivity index (χ3v) is 4.28. The molecule has 0 radical (unpaired) electrons. The van der Waals surface area contributed by atoms with Crippen molar-refractivity contribution in [3.05, 3.63) is 33.7 Å². The molecular formula is C14H18ClN3O. The Balaban J connectivity index is 1.97. The Morgan fingerprint density at radius 2 is 2.11 bits per heavy atom. The molecule has 1 aromatic carbocycles. The lowest BCUT2D eigenvalue weighted by atomic mass is 10.0. The van der Waals surface area contributed by atoms with E-state index in [1.54, 1.807) is 0 Å². The summed E-state index contributed by atoms with van der Waals surface area (Å²) >= 11 is 5.97. The Kier molecular flexibility index (Phi) is 3.37. The van der Waals surface area contributed by atoms with Crippen LogP contribution in [-0.2, 0) is 0 Å². The molecule has 0 spiro atoms. The first-order chi connectivity index (χ1) is 9.19.